The maximum Gasteiger partial charge on any atom is 0.341 e. The number of aliphatic carboxylic acids is 1. The second-order valence-corrected chi connectivity index (χ2v) is 7.09. The molecule has 6 nitrogen and oxygen atoms in total. The zero-order chi connectivity index (χ0) is 20.2. The molecule has 0 aromatic heterocycles. The predicted molar refractivity (Wildman–Crippen MR) is 111 cm³/mol. The Balaban J connectivity index is 1.70. The zero-order valence-corrected chi connectivity index (χ0v) is 16.8. The summed E-state index contributed by atoms with van der Waals surface area (Å²) in [7, 11) is 0. The van der Waals surface area contributed by atoms with E-state index in [1.807, 2.05) is 23.1 Å². The van der Waals surface area contributed by atoms with Gasteiger partial charge in [-0.15, -0.1) is 0 Å². The number of unbranched alkanes of at least 4 members (excludes halogenated alkanes) is 5. The molecule has 0 bridgehead atoms. The van der Waals surface area contributed by atoms with Crippen molar-refractivity contribution < 1.29 is 19.4 Å². The van der Waals surface area contributed by atoms with E-state index in [1.165, 1.54) is 25.7 Å². The fraction of sp³-hybridized carbons (Fsp3) is 0.545. The zero-order valence-electron chi connectivity index (χ0n) is 16.8. The van der Waals surface area contributed by atoms with Crippen molar-refractivity contribution in [2.75, 3.05) is 37.7 Å². The number of benzene rings is 1. The van der Waals surface area contributed by atoms with Gasteiger partial charge in [-0.05, 0) is 43.2 Å². The number of carbonyl (C=O) groups is 2. The first-order chi connectivity index (χ1) is 13.6. The standard InChI is InChI=1S/C22H32N2O4/c1-2-3-4-5-6-7-8-9-21(25)24-16-14-23(15-17-24)19-10-12-20(13-11-19)28-18-22(26)27/h8-13H,2-7,14-18H2,1H3,(H,26,27)/b9-8+. The lowest BCUT2D eigenvalue weighted by atomic mass is 10.1. The summed E-state index contributed by atoms with van der Waals surface area (Å²) in [5.74, 6) is -0.346. The van der Waals surface area contributed by atoms with Crippen molar-refractivity contribution in [3.8, 4) is 5.75 Å². The Morgan fingerprint density at radius 3 is 2.36 bits per heavy atom. The van der Waals surface area contributed by atoms with Crippen LogP contribution in [-0.2, 0) is 9.59 Å². The Morgan fingerprint density at radius 1 is 1.04 bits per heavy atom. The first-order valence-corrected chi connectivity index (χ1v) is 10.2. The molecule has 1 aromatic rings. The highest BCUT2D eigenvalue weighted by Gasteiger charge is 2.19. The van der Waals surface area contributed by atoms with Gasteiger partial charge in [-0.1, -0.05) is 38.7 Å². The number of hydrogen-bond donors (Lipinski definition) is 1. The summed E-state index contributed by atoms with van der Waals surface area (Å²) in [6.07, 6.45) is 10.9. The van der Waals surface area contributed by atoms with Crippen LogP contribution in [0.1, 0.15) is 45.4 Å². The van der Waals surface area contributed by atoms with Crippen molar-refractivity contribution in [3.05, 3.63) is 36.4 Å². The molecule has 1 amide bonds. The minimum absolute atomic E-state index is 0.102. The molecule has 2 rings (SSSR count). The average Bonchev–Trinajstić information content (AvgIpc) is 2.72. The third-order valence-electron chi connectivity index (χ3n) is 4.89. The van der Waals surface area contributed by atoms with Gasteiger partial charge >= 0.3 is 5.97 Å². The Kier molecular flexibility index (Phi) is 9.39. The van der Waals surface area contributed by atoms with Gasteiger partial charge in [0.25, 0.3) is 0 Å². The summed E-state index contributed by atoms with van der Waals surface area (Å²) in [5, 5.41) is 8.64. The summed E-state index contributed by atoms with van der Waals surface area (Å²) in [6, 6.07) is 7.40. The molecule has 1 saturated heterocycles. The van der Waals surface area contributed by atoms with E-state index < -0.39 is 5.97 Å². The number of anilines is 1. The Hall–Kier alpha value is -2.50. The minimum Gasteiger partial charge on any atom is -0.482 e. The van der Waals surface area contributed by atoms with Crippen molar-refractivity contribution in [3.63, 3.8) is 0 Å². The molecule has 0 unspecified atom stereocenters. The second-order valence-electron chi connectivity index (χ2n) is 7.09. The van der Waals surface area contributed by atoms with Crippen LogP contribution >= 0.6 is 0 Å². The molecule has 1 aliphatic rings. The number of carboxylic acids is 1. The summed E-state index contributed by atoms with van der Waals surface area (Å²) in [4.78, 5) is 27.0. The molecule has 1 N–H and O–H groups in total. The van der Waals surface area contributed by atoms with Gasteiger partial charge in [-0.3, -0.25) is 4.79 Å². The van der Waals surface area contributed by atoms with Gasteiger partial charge in [0.15, 0.2) is 6.61 Å². The van der Waals surface area contributed by atoms with Gasteiger partial charge in [0, 0.05) is 31.9 Å². The SMILES string of the molecule is CCCCCCC/C=C/C(=O)N1CCN(c2ccc(OCC(=O)O)cc2)CC1. The molecule has 154 valence electrons. The summed E-state index contributed by atoms with van der Waals surface area (Å²) in [6.45, 7) is 4.85. The van der Waals surface area contributed by atoms with Crippen LogP contribution in [0.5, 0.6) is 5.75 Å². The van der Waals surface area contributed by atoms with Crippen LogP contribution in [0.2, 0.25) is 0 Å². The molecule has 0 atom stereocenters. The van der Waals surface area contributed by atoms with E-state index in [9.17, 15) is 9.59 Å². The van der Waals surface area contributed by atoms with Crippen LogP contribution < -0.4 is 9.64 Å². The molecule has 0 radical (unpaired) electrons. The predicted octanol–water partition coefficient (Wildman–Crippen LogP) is 3.72. The van der Waals surface area contributed by atoms with Gasteiger partial charge in [-0.25, -0.2) is 4.79 Å². The summed E-state index contributed by atoms with van der Waals surface area (Å²) < 4.78 is 5.15. The first-order valence-electron chi connectivity index (χ1n) is 10.2. The van der Waals surface area contributed by atoms with Gasteiger partial charge in [-0.2, -0.15) is 0 Å². The van der Waals surface area contributed by atoms with Gasteiger partial charge < -0.3 is 19.6 Å². The number of carboxylic acid groups (broad SMARTS) is 1. The first kappa shape index (κ1) is 21.8. The highest BCUT2D eigenvalue weighted by molar-refractivity contribution is 5.87. The lowest BCUT2D eigenvalue weighted by Crippen LogP contribution is -2.48. The summed E-state index contributed by atoms with van der Waals surface area (Å²) in [5.41, 5.74) is 1.05. The molecule has 1 heterocycles. The smallest absolute Gasteiger partial charge is 0.341 e. The van der Waals surface area contributed by atoms with E-state index in [-0.39, 0.29) is 12.5 Å². The minimum atomic E-state index is -0.990. The number of allylic oxidation sites excluding steroid dienone is 1. The van der Waals surface area contributed by atoms with Crippen molar-refractivity contribution >= 4 is 17.6 Å². The molecular formula is C22H32N2O4. The highest BCUT2D eigenvalue weighted by atomic mass is 16.5. The van der Waals surface area contributed by atoms with E-state index in [0.717, 1.165) is 31.6 Å². The van der Waals surface area contributed by atoms with Gasteiger partial charge in [0.2, 0.25) is 5.91 Å². The molecule has 1 aliphatic heterocycles. The van der Waals surface area contributed by atoms with Crippen LogP contribution in [0.25, 0.3) is 0 Å². The number of nitrogens with zero attached hydrogens (tertiary/aromatic N) is 2. The molecule has 1 aromatic carbocycles. The topological polar surface area (TPSA) is 70.1 Å². The third kappa shape index (κ3) is 7.62. The van der Waals surface area contributed by atoms with E-state index in [4.69, 9.17) is 9.84 Å². The van der Waals surface area contributed by atoms with E-state index in [0.29, 0.717) is 18.8 Å². The van der Waals surface area contributed by atoms with Gasteiger partial charge in [0.1, 0.15) is 5.75 Å². The lowest BCUT2D eigenvalue weighted by Gasteiger charge is -2.35. The monoisotopic (exact) mass is 388 g/mol. The fourth-order valence-corrected chi connectivity index (χ4v) is 3.24. The van der Waals surface area contributed by atoms with Crippen molar-refractivity contribution in [1.29, 1.82) is 0 Å². The van der Waals surface area contributed by atoms with Crippen LogP contribution in [0.15, 0.2) is 36.4 Å². The number of piperazine rings is 1. The summed E-state index contributed by atoms with van der Waals surface area (Å²) >= 11 is 0. The third-order valence-corrected chi connectivity index (χ3v) is 4.89. The van der Waals surface area contributed by atoms with E-state index in [2.05, 4.69) is 11.8 Å². The maximum absolute atomic E-state index is 12.3. The molecule has 1 fully saturated rings. The number of ether oxygens (including phenoxy) is 1. The van der Waals surface area contributed by atoms with Crippen LogP contribution in [0, 0.1) is 0 Å². The maximum atomic E-state index is 12.3. The number of amides is 1. The highest BCUT2D eigenvalue weighted by Crippen LogP contribution is 2.21. The molecular weight excluding hydrogens is 356 g/mol. The molecule has 0 aliphatic carbocycles. The van der Waals surface area contributed by atoms with Crippen LogP contribution in [0.4, 0.5) is 5.69 Å². The quantitative estimate of drug-likeness (QED) is 0.462. The van der Waals surface area contributed by atoms with Gasteiger partial charge in [0.05, 0.1) is 0 Å². The van der Waals surface area contributed by atoms with Crippen molar-refractivity contribution in [2.24, 2.45) is 0 Å². The Labute approximate surface area is 167 Å². The van der Waals surface area contributed by atoms with E-state index in [1.54, 1.807) is 18.2 Å². The number of carbonyl (C=O) groups excluding carboxylic acids is 1. The Bertz CT molecular complexity index is 634. The normalized spacial score (nSPS) is 14.5. The van der Waals surface area contributed by atoms with Crippen molar-refractivity contribution in [2.45, 2.75) is 45.4 Å². The van der Waals surface area contributed by atoms with Crippen LogP contribution in [-0.4, -0.2) is 54.7 Å². The number of hydrogen-bond acceptors (Lipinski definition) is 4. The van der Waals surface area contributed by atoms with E-state index >= 15 is 0 Å². The second kappa shape index (κ2) is 12.1. The molecule has 0 spiro atoms. The Morgan fingerprint density at radius 2 is 1.71 bits per heavy atom. The fourth-order valence-electron chi connectivity index (χ4n) is 3.24. The van der Waals surface area contributed by atoms with Crippen LogP contribution in [0.3, 0.4) is 0 Å². The molecule has 6 heteroatoms. The lowest BCUT2D eigenvalue weighted by molar-refractivity contribution is -0.139. The molecule has 0 saturated carbocycles. The van der Waals surface area contributed by atoms with Crippen molar-refractivity contribution in [1.82, 2.24) is 4.90 Å². The molecule has 28 heavy (non-hydrogen) atoms. The largest absolute Gasteiger partial charge is 0.482 e. The number of rotatable bonds is 11. The average molecular weight is 389 g/mol.